The van der Waals surface area contributed by atoms with E-state index in [4.69, 9.17) is 9.47 Å². The first-order valence-corrected chi connectivity index (χ1v) is 14.5. The van der Waals surface area contributed by atoms with Crippen LogP contribution in [-0.2, 0) is 19.5 Å². The summed E-state index contributed by atoms with van der Waals surface area (Å²) in [5, 5.41) is 0. The summed E-state index contributed by atoms with van der Waals surface area (Å²) in [6.45, 7) is 1.39. The quantitative estimate of drug-likeness (QED) is 0.220. The molecule has 0 N–H and O–H groups in total. The van der Waals surface area contributed by atoms with E-state index in [1.54, 1.807) is 42.5 Å². The van der Waals surface area contributed by atoms with Crippen molar-refractivity contribution in [2.45, 2.75) is 19.5 Å². The standard InChI is InChI=1S/C36H34N4O4/c1-38(20-17-25-15-18-37-19-16-25)36(42)33-14-12-29-24-40(32-10-5-4-7-28(32)23-39(29)33)35(41)27-11-13-31(34(22-27)44-3)26-8-6-9-30(21-26)43-2/h4-16,18-19,21-22H,17,20,23-24H2,1-3H3. The molecule has 0 saturated heterocycles. The predicted octanol–water partition coefficient (Wildman–Crippen LogP) is 6.09. The number of amides is 2. The normalized spacial score (nSPS) is 12.1. The number of ether oxygens (including phenoxy) is 2. The number of hydrogen-bond acceptors (Lipinski definition) is 5. The maximum Gasteiger partial charge on any atom is 0.270 e. The van der Waals surface area contributed by atoms with Crippen LogP contribution in [0.2, 0.25) is 0 Å². The Bertz CT molecular complexity index is 1810. The van der Waals surface area contributed by atoms with Crippen molar-refractivity contribution in [1.29, 1.82) is 0 Å². The van der Waals surface area contributed by atoms with Crippen molar-refractivity contribution in [3.63, 3.8) is 0 Å². The summed E-state index contributed by atoms with van der Waals surface area (Å²) in [6.07, 6.45) is 4.27. The van der Waals surface area contributed by atoms with Gasteiger partial charge in [0.15, 0.2) is 0 Å². The fraction of sp³-hybridized carbons (Fsp3) is 0.194. The average molecular weight is 587 g/mol. The van der Waals surface area contributed by atoms with E-state index in [0.29, 0.717) is 36.6 Å². The van der Waals surface area contributed by atoms with Crippen molar-refractivity contribution in [1.82, 2.24) is 14.5 Å². The zero-order valence-electron chi connectivity index (χ0n) is 25.1. The largest absolute Gasteiger partial charge is 0.497 e. The minimum absolute atomic E-state index is 0.0552. The Kier molecular flexibility index (Phi) is 8.14. The molecule has 2 amide bonds. The first-order chi connectivity index (χ1) is 21.5. The summed E-state index contributed by atoms with van der Waals surface area (Å²) in [4.78, 5) is 35.4. The van der Waals surface area contributed by atoms with Crippen molar-refractivity contribution < 1.29 is 19.1 Å². The smallest absolute Gasteiger partial charge is 0.270 e. The second-order valence-corrected chi connectivity index (χ2v) is 10.8. The first-order valence-electron chi connectivity index (χ1n) is 14.5. The van der Waals surface area contributed by atoms with Crippen LogP contribution in [0.4, 0.5) is 5.69 Å². The van der Waals surface area contributed by atoms with Crippen LogP contribution in [0.25, 0.3) is 11.1 Å². The molecule has 0 aliphatic carbocycles. The summed E-state index contributed by atoms with van der Waals surface area (Å²) >= 11 is 0. The lowest BCUT2D eigenvalue weighted by molar-refractivity contribution is 0.0786. The first kappa shape index (κ1) is 28.7. The molecule has 8 heteroatoms. The number of carbonyl (C=O) groups excluding carboxylic acids is 2. The van der Waals surface area contributed by atoms with Crippen LogP contribution < -0.4 is 14.4 Å². The van der Waals surface area contributed by atoms with Crippen molar-refractivity contribution in [2.75, 3.05) is 32.7 Å². The number of carbonyl (C=O) groups is 2. The summed E-state index contributed by atoms with van der Waals surface area (Å²) in [6, 6.07) is 28.9. The maximum atomic E-state index is 14.2. The van der Waals surface area contributed by atoms with E-state index in [2.05, 4.69) is 4.98 Å². The van der Waals surface area contributed by atoms with E-state index in [1.165, 1.54) is 0 Å². The van der Waals surface area contributed by atoms with Crippen molar-refractivity contribution in [3.05, 3.63) is 131 Å². The Morgan fingerprint density at radius 3 is 2.48 bits per heavy atom. The molecule has 8 nitrogen and oxygen atoms in total. The summed E-state index contributed by atoms with van der Waals surface area (Å²) in [5.74, 6) is 1.13. The highest BCUT2D eigenvalue weighted by Crippen LogP contribution is 2.35. The number of methoxy groups -OCH3 is 2. The van der Waals surface area contributed by atoms with Crippen LogP contribution in [0.1, 0.15) is 37.7 Å². The molecule has 0 fully saturated rings. The average Bonchev–Trinajstić information content (AvgIpc) is 3.39. The lowest BCUT2D eigenvalue weighted by atomic mass is 10.0. The topological polar surface area (TPSA) is 76.9 Å². The number of para-hydroxylation sites is 1. The number of rotatable bonds is 8. The van der Waals surface area contributed by atoms with Gasteiger partial charge in [0.25, 0.3) is 11.8 Å². The number of benzene rings is 3. The van der Waals surface area contributed by atoms with Gasteiger partial charge < -0.3 is 23.8 Å². The van der Waals surface area contributed by atoms with Crippen LogP contribution in [0.3, 0.4) is 0 Å². The summed E-state index contributed by atoms with van der Waals surface area (Å²) in [7, 11) is 5.06. The van der Waals surface area contributed by atoms with Gasteiger partial charge in [0.1, 0.15) is 17.2 Å². The Balaban J connectivity index is 1.29. The van der Waals surface area contributed by atoms with Crippen LogP contribution in [0.5, 0.6) is 11.5 Å². The molecule has 6 rings (SSSR count). The Morgan fingerprint density at radius 2 is 1.68 bits per heavy atom. The molecular formula is C36H34N4O4. The molecule has 0 bridgehead atoms. The monoisotopic (exact) mass is 586 g/mol. The van der Waals surface area contributed by atoms with E-state index in [0.717, 1.165) is 45.8 Å². The second-order valence-electron chi connectivity index (χ2n) is 10.8. The lowest BCUT2D eigenvalue weighted by Gasteiger charge is -2.23. The fourth-order valence-corrected chi connectivity index (χ4v) is 5.68. The maximum absolute atomic E-state index is 14.2. The molecule has 1 aliphatic rings. The highest BCUT2D eigenvalue weighted by atomic mass is 16.5. The van der Waals surface area contributed by atoms with Gasteiger partial charge in [0.05, 0.1) is 27.3 Å². The molecule has 44 heavy (non-hydrogen) atoms. The molecule has 222 valence electrons. The number of hydrogen-bond donors (Lipinski definition) is 0. The van der Waals surface area contributed by atoms with Gasteiger partial charge in [0, 0.05) is 48.5 Å². The number of aromatic nitrogens is 2. The third-order valence-electron chi connectivity index (χ3n) is 8.13. The zero-order valence-corrected chi connectivity index (χ0v) is 25.1. The molecular weight excluding hydrogens is 552 g/mol. The van der Waals surface area contributed by atoms with Gasteiger partial charge >= 0.3 is 0 Å². The molecule has 0 spiro atoms. The Hall–Kier alpha value is -5.37. The minimum Gasteiger partial charge on any atom is -0.497 e. The highest BCUT2D eigenvalue weighted by Gasteiger charge is 2.28. The van der Waals surface area contributed by atoms with E-state index >= 15 is 0 Å². The van der Waals surface area contributed by atoms with Gasteiger partial charge in [-0.15, -0.1) is 0 Å². The van der Waals surface area contributed by atoms with Gasteiger partial charge in [-0.1, -0.05) is 30.3 Å². The number of likely N-dealkylation sites (N-methyl/N-ethyl adjacent to an activating group) is 1. The van der Waals surface area contributed by atoms with Crippen LogP contribution in [-0.4, -0.2) is 54.1 Å². The van der Waals surface area contributed by atoms with Gasteiger partial charge in [-0.05, 0) is 83.8 Å². The SMILES string of the molecule is COc1cccc(-c2ccc(C(=O)N3Cc4ccc(C(=O)N(C)CCc5ccncc5)n4Cc4ccccc43)cc2OC)c1. The van der Waals surface area contributed by atoms with Crippen LogP contribution >= 0.6 is 0 Å². The summed E-state index contributed by atoms with van der Waals surface area (Å²) < 4.78 is 13.2. The van der Waals surface area contributed by atoms with Gasteiger partial charge in [-0.25, -0.2) is 0 Å². The van der Waals surface area contributed by atoms with Gasteiger partial charge in [-0.3, -0.25) is 14.6 Å². The van der Waals surface area contributed by atoms with Gasteiger partial charge in [0.2, 0.25) is 0 Å². The number of pyridine rings is 1. The van der Waals surface area contributed by atoms with Crippen molar-refractivity contribution in [2.24, 2.45) is 0 Å². The number of anilines is 1. The summed E-state index contributed by atoms with van der Waals surface area (Å²) in [5.41, 5.74) is 6.71. The third-order valence-corrected chi connectivity index (χ3v) is 8.13. The van der Waals surface area contributed by atoms with Crippen molar-refractivity contribution in [3.8, 4) is 22.6 Å². The van der Waals surface area contributed by atoms with Crippen LogP contribution in [0.15, 0.2) is 103 Å². The molecule has 2 aromatic heterocycles. The van der Waals surface area contributed by atoms with Crippen molar-refractivity contribution >= 4 is 17.5 Å². The molecule has 1 aliphatic heterocycles. The molecule has 5 aromatic rings. The molecule has 3 heterocycles. The zero-order chi connectivity index (χ0) is 30.6. The molecule has 3 aromatic carbocycles. The van der Waals surface area contributed by atoms with E-state index in [9.17, 15) is 9.59 Å². The second kappa shape index (κ2) is 12.5. The third kappa shape index (κ3) is 5.66. The Morgan fingerprint density at radius 1 is 0.864 bits per heavy atom. The minimum atomic E-state index is -0.148. The Labute approximate surface area is 257 Å². The molecule has 0 saturated carbocycles. The van der Waals surface area contributed by atoms with E-state index < -0.39 is 0 Å². The van der Waals surface area contributed by atoms with Gasteiger partial charge in [-0.2, -0.15) is 0 Å². The molecule has 0 atom stereocenters. The highest BCUT2D eigenvalue weighted by molar-refractivity contribution is 6.07. The van der Waals surface area contributed by atoms with E-state index in [-0.39, 0.29) is 11.8 Å². The number of nitrogens with zero attached hydrogens (tertiary/aromatic N) is 4. The van der Waals surface area contributed by atoms with E-state index in [1.807, 2.05) is 96.5 Å². The predicted molar refractivity (Wildman–Crippen MR) is 170 cm³/mol. The fourth-order valence-electron chi connectivity index (χ4n) is 5.68. The van der Waals surface area contributed by atoms with Crippen LogP contribution in [0, 0.1) is 0 Å². The number of fused-ring (bicyclic) bond motifs is 2. The molecule has 0 radical (unpaired) electrons. The lowest BCUT2D eigenvalue weighted by Crippen LogP contribution is -2.31. The molecule has 0 unspecified atom stereocenters.